The molecule has 0 fully saturated rings. The van der Waals surface area contributed by atoms with Crippen molar-refractivity contribution in [1.82, 2.24) is 5.06 Å². The first-order chi connectivity index (χ1) is 16.4. The maximum absolute atomic E-state index is 13.0. The van der Waals surface area contributed by atoms with Crippen molar-refractivity contribution in [3.05, 3.63) is 95.1 Å². The average molecular weight is 457 g/mol. The largest absolute Gasteiger partial charge is 0.465 e. The van der Waals surface area contributed by atoms with Crippen LogP contribution in [0.25, 0.3) is 11.3 Å². The van der Waals surface area contributed by atoms with Crippen molar-refractivity contribution in [2.45, 2.75) is 0 Å². The summed E-state index contributed by atoms with van der Waals surface area (Å²) < 4.78 is 4.78. The van der Waals surface area contributed by atoms with Crippen LogP contribution in [0.2, 0.25) is 0 Å². The minimum Gasteiger partial charge on any atom is -0.465 e. The molecule has 0 aromatic heterocycles. The fourth-order valence-corrected chi connectivity index (χ4v) is 3.65. The van der Waals surface area contributed by atoms with E-state index in [1.807, 2.05) is 30.3 Å². The van der Waals surface area contributed by atoms with Gasteiger partial charge in [-0.2, -0.15) is 0 Å². The van der Waals surface area contributed by atoms with Gasteiger partial charge in [0.2, 0.25) is 0 Å². The minimum atomic E-state index is -0.482. The second-order valence-corrected chi connectivity index (χ2v) is 7.51. The van der Waals surface area contributed by atoms with E-state index in [4.69, 9.17) is 9.57 Å². The standard InChI is InChI=1S/C26H23N3O5/c1-29(34-3)25(31)17-9-12-19(13-10-17)27-23(16-7-5-4-6-8-16)22-20-14-11-18(26(32)33-2)15-21(20)28-24(22)30/h4-15,27H,1-3H3,(H,28,30)/b23-22-. The molecular formula is C26H23N3O5. The number of anilines is 2. The van der Waals surface area contributed by atoms with Crippen LogP contribution >= 0.6 is 0 Å². The Kier molecular flexibility index (Phi) is 6.42. The molecule has 1 aliphatic heterocycles. The zero-order chi connectivity index (χ0) is 24.2. The molecule has 172 valence electrons. The molecule has 2 amide bonds. The third kappa shape index (κ3) is 4.39. The van der Waals surface area contributed by atoms with Crippen molar-refractivity contribution in [1.29, 1.82) is 0 Å². The molecule has 0 aliphatic carbocycles. The van der Waals surface area contributed by atoms with E-state index in [-0.39, 0.29) is 11.8 Å². The van der Waals surface area contributed by atoms with Crippen LogP contribution in [0, 0.1) is 0 Å². The van der Waals surface area contributed by atoms with Crippen LogP contribution in [-0.4, -0.2) is 44.1 Å². The number of nitrogens with one attached hydrogen (secondary N) is 2. The number of carbonyl (C=O) groups is 3. The van der Waals surface area contributed by atoms with E-state index in [1.165, 1.54) is 21.3 Å². The summed E-state index contributed by atoms with van der Waals surface area (Å²) in [4.78, 5) is 42.2. The number of nitrogens with zero attached hydrogens (tertiary/aromatic N) is 1. The number of hydrogen-bond donors (Lipinski definition) is 2. The minimum absolute atomic E-state index is 0.277. The van der Waals surface area contributed by atoms with Crippen molar-refractivity contribution in [3.63, 3.8) is 0 Å². The van der Waals surface area contributed by atoms with Gasteiger partial charge in [-0.05, 0) is 42.0 Å². The van der Waals surface area contributed by atoms with Gasteiger partial charge in [-0.25, -0.2) is 9.86 Å². The fourth-order valence-electron chi connectivity index (χ4n) is 3.65. The normalized spacial score (nSPS) is 13.6. The highest BCUT2D eigenvalue weighted by Crippen LogP contribution is 2.38. The SMILES string of the molecule is COC(=O)c1ccc2c(c1)NC(=O)/C2=C(\Nc1ccc(C(=O)N(C)OC)cc1)c1ccccc1. The third-order valence-electron chi connectivity index (χ3n) is 5.46. The average Bonchev–Trinajstić information content (AvgIpc) is 3.21. The summed E-state index contributed by atoms with van der Waals surface area (Å²) in [6.07, 6.45) is 0. The lowest BCUT2D eigenvalue weighted by Crippen LogP contribution is -2.25. The molecule has 3 aromatic rings. The molecule has 8 nitrogen and oxygen atoms in total. The van der Waals surface area contributed by atoms with E-state index in [0.717, 1.165) is 10.6 Å². The van der Waals surface area contributed by atoms with Gasteiger partial charge >= 0.3 is 5.97 Å². The summed E-state index contributed by atoms with van der Waals surface area (Å²) in [5, 5.41) is 7.32. The second kappa shape index (κ2) is 9.60. The molecule has 0 unspecified atom stereocenters. The van der Waals surface area contributed by atoms with Crippen LogP contribution in [0.4, 0.5) is 11.4 Å². The van der Waals surface area contributed by atoms with Gasteiger partial charge in [-0.1, -0.05) is 36.4 Å². The number of fused-ring (bicyclic) bond motifs is 1. The number of methoxy groups -OCH3 is 1. The van der Waals surface area contributed by atoms with E-state index < -0.39 is 5.97 Å². The van der Waals surface area contributed by atoms with Crippen LogP contribution in [0.1, 0.15) is 31.8 Å². The number of ether oxygens (including phenoxy) is 1. The molecule has 3 aromatic carbocycles. The molecule has 0 atom stereocenters. The van der Waals surface area contributed by atoms with Crippen molar-refractivity contribution in [3.8, 4) is 0 Å². The fraction of sp³-hybridized carbons (Fsp3) is 0.115. The second-order valence-electron chi connectivity index (χ2n) is 7.51. The van der Waals surface area contributed by atoms with Crippen LogP contribution in [0.3, 0.4) is 0 Å². The summed E-state index contributed by atoms with van der Waals surface area (Å²) in [6, 6.07) is 21.3. The lowest BCUT2D eigenvalue weighted by molar-refractivity contribution is -0.110. The third-order valence-corrected chi connectivity index (χ3v) is 5.46. The van der Waals surface area contributed by atoms with Gasteiger partial charge in [-0.15, -0.1) is 0 Å². The summed E-state index contributed by atoms with van der Waals surface area (Å²) >= 11 is 0. The quantitative estimate of drug-likeness (QED) is 0.330. The molecule has 1 aliphatic rings. The molecule has 4 rings (SSSR count). The summed E-state index contributed by atoms with van der Waals surface area (Å²) in [6.45, 7) is 0. The molecule has 2 N–H and O–H groups in total. The number of hydrogen-bond acceptors (Lipinski definition) is 6. The highest BCUT2D eigenvalue weighted by Gasteiger charge is 2.29. The Labute approximate surface area is 196 Å². The zero-order valence-corrected chi connectivity index (χ0v) is 18.9. The van der Waals surface area contributed by atoms with Crippen molar-refractivity contribution in [2.24, 2.45) is 0 Å². The molecular weight excluding hydrogens is 434 g/mol. The smallest absolute Gasteiger partial charge is 0.337 e. The zero-order valence-electron chi connectivity index (χ0n) is 18.9. The van der Waals surface area contributed by atoms with E-state index in [0.29, 0.717) is 39.3 Å². The van der Waals surface area contributed by atoms with E-state index in [9.17, 15) is 14.4 Å². The summed E-state index contributed by atoms with van der Waals surface area (Å²) in [5.74, 6) is -1.05. The monoisotopic (exact) mass is 457 g/mol. The van der Waals surface area contributed by atoms with Gasteiger partial charge in [0, 0.05) is 23.9 Å². The highest BCUT2D eigenvalue weighted by molar-refractivity contribution is 6.37. The molecule has 0 radical (unpaired) electrons. The Morgan fingerprint density at radius 2 is 1.56 bits per heavy atom. The van der Waals surface area contributed by atoms with Gasteiger partial charge < -0.3 is 15.4 Å². The number of rotatable bonds is 6. The molecule has 0 saturated carbocycles. The number of benzene rings is 3. The van der Waals surface area contributed by atoms with Gasteiger partial charge in [0.15, 0.2) is 0 Å². The summed E-state index contributed by atoms with van der Waals surface area (Å²) in [5.41, 5.74) is 4.53. The molecule has 34 heavy (non-hydrogen) atoms. The van der Waals surface area contributed by atoms with Gasteiger partial charge in [0.25, 0.3) is 11.8 Å². The summed E-state index contributed by atoms with van der Waals surface area (Å²) in [7, 11) is 4.27. The number of amides is 2. The molecule has 1 heterocycles. The van der Waals surface area contributed by atoms with Crippen LogP contribution < -0.4 is 10.6 Å². The van der Waals surface area contributed by atoms with Crippen LogP contribution in [0.5, 0.6) is 0 Å². The van der Waals surface area contributed by atoms with E-state index >= 15 is 0 Å². The van der Waals surface area contributed by atoms with Crippen LogP contribution in [-0.2, 0) is 14.4 Å². The highest BCUT2D eigenvalue weighted by atomic mass is 16.7. The molecule has 8 heteroatoms. The van der Waals surface area contributed by atoms with Gasteiger partial charge in [0.1, 0.15) is 0 Å². The lowest BCUT2D eigenvalue weighted by Gasteiger charge is -2.16. The maximum atomic E-state index is 13.0. The lowest BCUT2D eigenvalue weighted by atomic mass is 9.99. The van der Waals surface area contributed by atoms with Gasteiger partial charge in [0.05, 0.1) is 36.7 Å². The Hall–Kier alpha value is -4.43. The Morgan fingerprint density at radius 1 is 0.882 bits per heavy atom. The molecule has 0 spiro atoms. The van der Waals surface area contributed by atoms with Crippen molar-refractivity contribution < 1.29 is 24.0 Å². The van der Waals surface area contributed by atoms with Crippen LogP contribution in [0.15, 0.2) is 72.8 Å². The predicted molar refractivity (Wildman–Crippen MR) is 129 cm³/mol. The Bertz CT molecular complexity index is 1280. The first-order valence-corrected chi connectivity index (χ1v) is 10.5. The predicted octanol–water partition coefficient (Wildman–Crippen LogP) is 4.04. The Morgan fingerprint density at radius 3 is 2.21 bits per heavy atom. The number of hydroxylamine groups is 2. The van der Waals surface area contributed by atoms with Crippen molar-refractivity contribution >= 4 is 40.4 Å². The van der Waals surface area contributed by atoms with Crippen molar-refractivity contribution in [2.75, 3.05) is 31.9 Å². The molecule has 0 bridgehead atoms. The first kappa shape index (κ1) is 22.8. The van der Waals surface area contributed by atoms with E-state index in [1.54, 1.807) is 42.5 Å². The molecule has 0 saturated heterocycles. The Balaban J connectivity index is 1.76. The topological polar surface area (TPSA) is 97.0 Å². The van der Waals surface area contributed by atoms with Gasteiger partial charge in [-0.3, -0.25) is 14.4 Å². The number of carbonyl (C=O) groups excluding carboxylic acids is 3. The van der Waals surface area contributed by atoms with E-state index in [2.05, 4.69) is 10.6 Å². The maximum Gasteiger partial charge on any atom is 0.337 e. The number of esters is 1. The first-order valence-electron chi connectivity index (χ1n) is 10.5.